The molecule has 11 heteroatoms. The monoisotopic (exact) mass is 522 g/mol. The summed E-state index contributed by atoms with van der Waals surface area (Å²) in [7, 11) is 1.96. The van der Waals surface area contributed by atoms with Gasteiger partial charge in [0.25, 0.3) is 0 Å². The van der Waals surface area contributed by atoms with E-state index in [4.69, 9.17) is 4.98 Å². The molecule has 4 heterocycles. The van der Waals surface area contributed by atoms with Crippen LogP contribution in [0.15, 0.2) is 18.3 Å². The lowest BCUT2D eigenvalue weighted by atomic mass is 9.97. The van der Waals surface area contributed by atoms with Crippen LogP contribution in [0.4, 0.5) is 22.1 Å². The highest BCUT2D eigenvalue weighted by Gasteiger charge is 2.30. The van der Waals surface area contributed by atoms with Crippen molar-refractivity contribution in [2.45, 2.75) is 32.7 Å². The number of hydrogen-bond donors (Lipinski definition) is 2. The number of fused-ring (bicyclic) bond motifs is 1. The number of hydrogen-bond acceptors (Lipinski definition) is 8. The number of rotatable bonds is 7. The summed E-state index contributed by atoms with van der Waals surface area (Å²) in [5.74, 6) is 2.04. The first-order valence-corrected chi connectivity index (χ1v) is 13.9. The summed E-state index contributed by atoms with van der Waals surface area (Å²) >= 11 is 1.71. The van der Waals surface area contributed by atoms with Gasteiger partial charge in [0.2, 0.25) is 5.91 Å². The fourth-order valence-corrected chi connectivity index (χ4v) is 5.14. The molecule has 2 aromatic heterocycles. The molecule has 0 spiro atoms. The van der Waals surface area contributed by atoms with E-state index >= 15 is 0 Å². The number of aromatic nitrogens is 2. The third-order valence-corrected chi connectivity index (χ3v) is 7.50. The minimum absolute atomic E-state index is 0.0805. The molecule has 2 aliphatic heterocycles. The molecule has 2 N–H and O–H groups in total. The Morgan fingerprint density at radius 2 is 2.11 bits per heavy atom. The number of nitrogens with one attached hydrogen (secondary N) is 2. The van der Waals surface area contributed by atoms with Crippen LogP contribution in [-0.4, -0.2) is 83.5 Å². The maximum absolute atomic E-state index is 13.3. The number of carbonyl (C=O) groups is 2. The number of anilines is 3. The molecule has 0 aliphatic carbocycles. The fourth-order valence-electron chi connectivity index (χ4n) is 4.83. The van der Waals surface area contributed by atoms with E-state index in [1.807, 2.05) is 37.0 Å². The van der Waals surface area contributed by atoms with Gasteiger partial charge in [-0.05, 0) is 57.2 Å². The number of aryl methyl sites for hydroxylation is 2. The normalized spacial score (nSPS) is 16.7. The van der Waals surface area contributed by atoms with Gasteiger partial charge in [-0.15, -0.1) is 0 Å². The number of urea groups is 1. The van der Waals surface area contributed by atoms with Crippen LogP contribution in [0.1, 0.15) is 41.8 Å². The topological polar surface area (TPSA) is 117 Å². The maximum atomic E-state index is 13.3. The van der Waals surface area contributed by atoms with Gasteiger partial charge in [-0.1, -0.05) is 0 Å². The van der Waals surface area contributed by atoms with Crippen LogP contribution in [0.25, 0.3) is 0 Å². The van der Waals surface area contributed by atoms with Crippen LogP contribution in [0.2, 0.25) is 0 Å². The molecule has 1 unspecified atom stereocenters. The number of carbonyl (C=O) groups excluding carboxylic acids is 2. The van der Waals surface area contributed by atoms with Crippen LogP contribution in [0, 0.1) is 18.3 Å². The van der Waals surface area contributed by atoms with Crippen LogP contribution >= 0.6 is 11.8 Å². The first-order valence-electron chi connectivity index (χ1n) is 12.5. The van der Waals surface area contributed by atoms with Crippen LogP contribution in [0.5, 0.6) is 0 Å². The van der Waals surface area contributed by atoms with E-state index in [1.165, 1.54) is 6.20 Å². The van der Waals surface area contributed by atoms with E-state index in [1.54, 1.807) is 22.7 Å². The molecule has 1 atom stereocenters. The smallest absolute Gasteiger partial charge is 0.328 e. The standard InChI is InChI=1S/C26H34N8O2S/c1-17-21(18(2)33-10-9-32(3)16-24(33)35)12-19-6-5-8-34(25(19)30-17)26(36)31-23-13-22(28-7-11-37-4)20(14-27)15-29-23/h12-13,15,18H,5-11,16H2,1-4H3,(H2,28,29,31,36). The van der Waals surface area contributed by atoms with Gasteiger partial charge < -0.3 is 10.2 Å². The van der Waals surface area contributed by atoms with Crippen molar-refractivity contribution in [1.29, 1.82) is 5.26 Å². The minimum atomic E-state index is -0.310. The molecule has 37 heavy (non-hydrogen) atoms. The first-order chi connectivity index (χ1) is 17.8. The van der Waals surface area contributed by atoms with Crippen molar-refractivity contribution in [2.24, 2.45) is 0 Å². The summed E-state index contributed by atoms with van der Waals surface area (Å²) in [6.07, 6.45) is 5.12. The Kier molecular flexibility index (Phi) is 8.51. The van der Waals surface area contributed by atoms with Gasteiger partial charge in [-0.2, -0.15) is 17.0 Å². The van der Waals surface area contributed by atoms with Crippen molar-refractivity contribution in [2.75, 3.05) is 67.3 Å². The molecular weight excluding hydrogens is 488 g/mol. The summed E-state index contributed by atoms with van der Waals surface area (Å²) in [4.78, 5) is 40.7. The molecular formula is C26H34N8O2S. The Morgan fingerprint density at radius 3 is 2.84 bits per heavy atom. The van der Waals surface area contributed by atoms with Crippen LogP contribution in [-0.2, 0) is 11.2 Å². The average molecular weight is 523 g/mol. The summed E-state index contributed by atoms with van der Waals surface area (Å²) in [5.41, 5.74) is 3.91. The number of thioether (sulfide) groups is 1. The molecule has 10 nitrogen and oxygen atoms in total. The van der Waals surface area contributed by atoms with Gasteiger partial charge in [0, 0.05) is 49.9 Å². The van der Waals surface area contributed by atoms with Crippen molar-refractivity contribution in [3.63, 3.8) is 0 Å². The van der Waals surface area contributed by atoms with Gasteiger partial charge in [0.05, 0.1) is 23.8 Å². The molecule has 1 saturated heterocycles. The van der Waals surface area contributed by atoms with E-state index in [-0.39, 0.29) is 18.0 Å². The lowest BCUT2D eigenvalue weighted by Crippen LogP contribution is -2.49. The predicted molar refractivity (Wildman–Crippen MR) is 147 cm³/mol. The second-order valence-electron chi connectivity index (χ2n) is 9.48. The zero-order chi connectivity index (χ0) is 26.5. The average Bonchev–Trinajstić information content (AvgIpc) is 2.88. The SMILES string of the molecule is CSCCNc1cc(NC(=O)N2CCCc3cc(C(C)N4CCN(C)CC4=O)c(C)nc32)ncc1C#N. The Hall–Kier alpha value is -3.36. The third kappa shape index (κ3) is 5.97. The van der Waals surface area contributed by atoms with E-state index < -0.39 is 0 Å². The molecule has 0 bridgehead atoms. The Balaban J connectivity index is 1.53. The van der Waals surface area contributed by atoms with Gasteiger partial charge in [0.1, 0.15) is 17.7 Å². The van der Waals surface area contributed by atoms with Gasteiger partial charge in [0.15, 0.2) is 0 Å². The molecule has 2 aromatic rings. The number of nitriles is 1. The Labute approximate surface area is 222 Å². The summed E-state index contributed by atoms with van der Waals surface area (Å²) < 4.78 is 0. The van der Waals surface area contributed by atoms with Gasteiger partial charge >= 0.3 is 6.03 Å². The molecule has 0 aromatic carbocycles. The lowest BCUT2D eigenvalue weighted by Gasteiger charge is -2.37. The third-order valence-electron chi connectivity index (χ3n) is 6.88. The molecule has 4 rings (SSSR count). The van der Waals surface area contributed by atoms with Crippen molar-refractivity contribution in [3.8, 4) is 6.07 Å². The van der Waals surface area contributed by atoms with Gasteiger partial charge in [-0.25, -0.2) is 14.8 Å². The predicted octanol–water partition coefficient (Wildman–Crippen LogP) is 3.25. The first kappa shape index (κ1) is 26.7. The number of likely N-dealkylation sites (N-methyl/N-ethyl adjacent to an activating group) is 1. The van der Waals surface area contributed by atoms with Crippen molar-refractivity contribution >= 4 is 41.0 Å². The maximum Gasteiger partial charge on any atom is 0.328 e. The Morgan fingerprint density at radius 1 is 1.30 bits per heavy atom. The molecule has 3 amide bonds. The molecule has 1 fully saturated rings. The highest BCUT2D eigenvalue weighted by molar-refractivity contribution is 7.98. The largest absolute Gasteiger partial charge is 0.383 e. The number of pyridine rings is 2. The van der Waals surface area contributed by atoms with Crippen molar-refractivity contribution in [3.05, 3.63) is 40.7 Å². The number of nitrogens with zero attached hydrogens (tertiary/aromatic N) is 6. The zero-order valence-electron chi connectivity index (χ0n) is 21.9. The lowest BCUT2D eigenvalue weighted by molar-refractivity contribution is -0.137. The Bertz CT molecular complexity index is 1210. The number of amides is 3. The van der Waals surface area contributed by atoms with Crippen LogP contribution < -0.4 is 15.5 Å². The zero-order valence-corrected chi connectivity index (χ0v) is 22.7. The van der Waals surface area contributed by atoms with Gasteiger partial charge in [-0.3, -0.25) is 19.9 Å². The fraction of sp³-hybridized carbons (Fsp3) is 0.500. The van der Waals surface area contributed by atoms with E-state index in [0.717, 1.165) is 42.0 Å². The summed E-state index contributed by atoms with van der Waals surface area (Å²) in [6.45, 7) is 7.20. The van der Waals surface area contributed by atoms with E-state index in [0.29, 0.717) is 49.1 Å². The number of piperazine rings is 1. The van der Waals surface area contributed by atoms with E-state index in [9.17, 15) is 14.9 Å². The van der Waals surface area contributed by atoms with Crippen molar-refractivity contribution < 1.29 is 9.59 Å². The quantitative estimate of drug-likeness (QED) is 0.532. The van der Waals surface area contributed by atoms with E-state index in [2.05, 4.69) is 27.8 Å². The molecule has 0 saturated carbocycles. The second kappa shape index (κ2) is 11.8. The highest BCUT2D eigenvalue weighted by Crippen LogP contribution is 2.32. The minimum Gasteiger partial charge on any atom is -0.383 e. The summed E-state index contributed by atoms with van der Waals surface area (Å²) in [5, 5.41) is 15.5. The molecule has 2 aliphatic rings. The van der Waals surface area contributed by atoms with Crippen LogP contribution in [0.3, 0.4) is 0 Å². The molecule has 0 radical (unpaired) electrons. The molecule has 196 valence electrons. The highest BCUT2D eigenvalue weighted by atomic mass is 32.2. The second-order valence-corrected chi connectivity index (χ2v) is 10.5. The van der Waals surface area contributed by atoms with Crippen molar-refractivity contribution in [1.82, 2.24) is 19.8 Å². The summed E-state index contributed by atoms with van der Waals surface area (Å²) in [6, 6.07) is 5.55.